The van der Waals surface area contributed by atoms with Gasteiger partial charge in [0.2, 0.25) is 0 Å². The second-order valence-corrected chi connectivity index (χ2v) is 2.75. The van der Waals surface area contributed by atoms with Crippen LogP contribution in [0.1, 0.15) is 6.42 Å². The second-order valence-electron chi connectivity index (χ2n) is 2.75. The van der Waals surface area contributed by atoms with Crippen LogP contribution in [0.25, 0.3) is 0 Å². The van der Waals surface area contributed by atoms with Gasteiger partial charge in [0.25, 0.3) is 0 Å². The normalized spacial score (nSPS) is 28.4. The molecule has 1 heterocycles. The molecule has 1 saturated heterocycles. The summed E-state index contributed by atoms with van der Waals surface area (Å²) >= 11 is 0. The molecule has 1 aliphatic rings. The number of aliphatic carboxylic acids is 1. The average Bonchev–Trinajstić information content (AvgIpc) is 2.51. The summed E-state index contributed by atoms with van der Waals surface area (Å²) in [6.07, 6.45) is 0.321. The van der Waals surface area contributed by atoms with Gasteiger partial charge in [-0.3, -0.25) is 9.59 Å². The van der Waals surface area contributed by atoms with Crippen LogP contribution in [0.2, 0.25) is 0 Å². The maximum atomic E-state index is 10.9. The predicted molar refractivity (Wildman–Crippen MR) is 39.5 cm³/mol. The fourth-order valence-corrected chi connectivity index (χ4v) is 1.25. The molecule has 0 radical (unpaired) electrons. The molecule has 0 aromatic carbocycles. The summed E-state index contributed by atoms with van der Waals surface area (Å²) in [5.41, 5.74) is 0. The van der Waals surface area contributed by atoms with E-state index in [0.29, 0.717) is 13.0 Å². The van der Waals surface area contributed by atoms with Gasteiger partial charge in [0.05, 0.1) is 13.0 Å². The fourth-order valence-electron chi connectivity index (χ4n) is 1.25. The standard InChI is InChI=1S/C7H11NO4/c1-12-7(11)5-2-4(3-8-5)6(9)10/h4-5,8H,2-3H2,1H3,(H,9,10)/t4-,5-/m0/s1. The molecule has 0 aliphatic carbocycles. The number of esters is 1. The summed E-state index contributed by atoms with van der Waals surface area (Å²) < 4.78 is 4.47. The van der Waals surface area contributed by atoms with Crippen molar-refractivity contribution in [3.8, 4) is 0 Å². The Hall–Kier alpha value is -1.10. The minimum Gasteiger partial charge on any atom is -0.481 e. The number of carbonyl (C=O) groups excluding carboxylic acids is 1. The number of carboxylic acids is 1. The lowest BCUT2D eigenvalue weighted by molar-refractivity contribution is -0.143. The molecule has 0 bridgehead atoms. The molecule has 2 atom stereocenters. The molecular formula is C7H11NO4. The smallest absolute Gasteiger partial charge is 0.322 e. The summed E-state index contributed by atoms with van der Waals surface area (Å²) in [5.74, 6) is -1.72. The summed E-state index contributed by atoms with van der Waals surface area (Å²) in [7, 11) is 1.29. The van der Waals surface area contributed by atoms with E-state index in [1.165, 1.54) is 7.11 Å². The van der Waals surface area contributed by atoms with E-state index in [9.17, 15) is 9.59 Å². The maximum absolute atomic E-state index is 10.9. The van der Waals surface area contributed by atoms with E-state index in [1.54, 1.807) is 0 Å². The highest BCUT2D eigenvalue weighted by atomic mass is 16.5. The number of nitrogens with one attached hydrogen (secondary N) is 1. The van der Waals surface area contributed by atoms with Crippen molar-refractivity contribution in [3.05, 3.63) is 0 Å². The first-order valence-electron chi connectivity index (χ1n) is 3.69. The topological polar surface area (TPSA) is 75.6 Å². The summed E-state index contributed by atoms with van der Waals surface area (Å²) in [6, 6.07) is -0.448. The van der Waals surface area contributed by atoms with Crippen LogP contribution in [-0.2, 0) is 14.3 Å². The Balaban J connectivity index is 2.45. The lowest BCUT2D eigenvalue weighted by Gasteiger charge is -2.05. The summed E-state index contributed by atoms with van der Waals surface area (Å²) in [4.78, 5) is 21.4. The quantitative estimate of drug-likeness (QED) is 0.536. The van der Waals surface area contributed by atoms with Crippen molar-refractivity contribution in [3.63, 3.8) is 0 Å². The molecule has 68 valence electrons. The van der Waals surface area contributed by atoms with Gasteiger partial charge in [-0.05, 0) is 6.42 Å². The first-order valence-corrected chi connectivity index (χ1v) is 3.69. The van der Waals surface area contributed by atoms with Gasteiger partial charge in [0.15, 0.2) is 0 Å². The number of hydrogen-bond donors (Lipinski definition) is 2. The number of rotatable bonds is 2. The minimum atomic E-state index is -0.867. The third-order valence-corrected chi connectivity index (χ3v) is 1.97. The van der Waals surface area contributed by atoms with Gasteiger partial charge in [-0.1, -0.05) is 0 Å². The summed E-state index contributed by atoms with van der Waals surface area (Å²) in [5, 5.41) is 11.4. The highest BCUT2D eigenvalue weighted by Crippen LogP contribution is 2.14. The minimum absolute atomic E-state index is 0.321. The van der Waals surface area contributed by atoms with E-state index in [-0.39, 0.29) is 0 Å². The largest absolute Gasteiger partial charge is 0.481 e. The number of hydrogen-bond acceptors (Lipinski definition) is 4. The Morgan fingerprint density at radius 3 is 2.67 bits per heavy atom. The highest BCUT2D eigenvalue weighted by molar-refractivity contribution is 5.79. The Bertz CT molecular complexity index is 204. The van der Waals surface area contributed by atoms with Crippen molar-refractivity contribution >= 4 is 11.9 Å². The molecule has 0 saturated carbocycles. The molecule has 1 rings (SSSR count). The van der Waals surface area contributed by atoms with E-state index in [2.05, 4.69) is 10.1 Å². The Morgan fingerprint density at radius 2 is 2.25 bits per heavy atom. The van der Waals surface area contributed by atoms with E-state index >= 15 is 0 Å². The van der Waals surface area contributed by atoms with E-state index in [1.807, 2.05) is 0 Å². The van der Waals surface area contributed by atoms with Crippen molar-refractivity contribution in [2.24, 2.45) is 5.92 Å². The predicted octanol–water partition coefficient (Wildman–Crippen LogP) is -0.778. The SMILES string of the molecule is COC(=O)[C@@H]1C[C@H](C(=O)O)CN1. The molecule has 1 aliphatic heterocycles. The van der Waals surface area contributed by atoms with E-state index in [0.717, 1.165) is 0 Å². The molecule has 12 heavy (non-hydrogen) atoms. The third-order valence-electron chi connectivity index (χ3n) is 1.97. The van der Waals surface area contributed by atoms with Gasteiger partial charge in [0, 0.05) is 6.54 Å². The zero-order valence-electron chi connectivity index (χ0n) is 6.74. The zero-order chi connectivity index (χ0) is 9.14. The van der Waals surface area contributed by atoms with Gasteiger partial charge in [0.1, 0.15) is 6.04 Å². The number of methoxy groups -OCH3 is 1. The molecular weight excluding hydrogens is 162 g/mol. The van der Waals surface area contributed by atoms with Crippen molar-refractivity contribution in [1.82, 2.24) is 5.32 Å². The molecule has 1 fully saturated rings. The number of carboxylic acid groups (broad SMARTS) is 1. The van der Waals surface area contributed by atoms with Gasteiger partial charge < -0.3 is 15.2 Å². The first-order chi connectivity index (χ1) is 5.65. The van der Waals surface area contributed by atoms with Crippen molar-refractivity contribution in [2.75, 3.05) is 13.7 Å². The van der Waals surface area contributed by atoms with Crippen LogP contribution >= 0.6 is 0 Å². The van der Waals surface area contributed by atoms with E-state index < -0.39 is 23.9 Å². The van der Waals surface area contributed by atoms with Gasteiger partial charge in [-0.2, -0.15) is 0 Å². The highest BCUT2D eigenvalue weighted by Gasteiger charge is 2.33. The molecule has 0 unspecified atom stereocenters. The molecule has 5 heteroatoms. The van der Waals surface area contributed by atoms with Crippen LogP contribution < -0.4 is 5.32 Å². The van der Waals surface area contributed by atoms with Gasteiger partial charge in [-0.25, -0.2) is 0 Å². The Labute approximate surface area is 69.7 Å². The average molecular weight is 173 g/mol. The maximum Gasteiger partial charge on any atom is 0.322 e. The van der Waals surface area contributed by atoms with E-state index in [4.69, 9.17) is 5.11 Å². The Kier molecular flexibility index (Phi) is 2.65. The van der Waals surface area contributed by atoms with Crippen LogP contribution in [0.4, 0.5) is 0 Å². The zero-order valence-corrected chi connectivity index (χ0v) is 6.74. The van der Waals surface area contributed by atoms with Crippen molar-refractivity contribution < 1.29 is 19.4 Å². The monoisotopic (exact) mass is 173 g/mol. The molecule has 5 nitrogen and oxygen atoms in total. The molecule has 2 N–H and O–H groups in total. The molecule has 0 aromatic rings. The second kappa shape index (κ2) is 3.53. The number of carbonyl (C=O) groups is 2. The lowest BCUT2D eigenvalue weighted by atomic mass is 10.1. The first kappa shape index (κ1) is 8.99. The van der Waals surface area contributed by atoms with Crippen molar-refractivity contribution in [2.45, 2.75) is 12.5 Å². The van der Waals surface area contributed by atoms with Crippen LogP contribution in [-0.4, -0.2) is 36.7 Å². The van der Waals surface area contributed by atoms with Crippen LogP contribution in [0.15, 0.2) is 0 Å². The van der Waals surface area contributed by atoms with Gasteiger partial charge >= 0.3 is 11.9 Å². The Morgan fingerprint density at radius 1 is 1.58 bits per heavy atom. The van der Waals surface area contributed by atoms with Crippen LogP contribution in [0.5, 0.6) is 0 Å². The summed E-state index contributed by atoms with van der Waals surface area (Å²) in [6.45, 7) is 0.342. The molecule has 0 aromatic heterocycles. The number of ether oxygens (including phenoxy) is 1. The van der Waals surface area contributed by atoms with Crippen molar-refractivity contribution in [1.29, 1.82) is 0 Å². The third kappa shape index (κ3) is 1.73. The van der Waals surface area contributed by atoms with Crippen LogP contribution in [0.3, 0.4) is 0 Å². The van der Waals surface area contributed by atoms with Gasteiger partial charge in [-0.15, -0.1) is 0 Å². The fraction of sp³-hybridized carbons (Fsp3) is 0.714. The lowest BCUT2D eigenvalue weighted by Crippen LogP contribution is -2.31. The molecule has 0 spiro atoms. The molecule has 0 amide bonds. The van der Waals surface area contributed by atoms with Crippen LogP contribution in [0, 0.1) is 5.92 Å².